The number of amides is 1. The summed E-state index contributed by atoms with van der Waals surface area (Å²) in [5, 5.41) is 2.56. The summed E-state index contributed by atoms with van der Waals surface area (Å²) >= 11 is 0. The molecule has 0 unspecified atom stereocenters. The average molecular weight is 313 g/mol. The van der Waals surface area contributed by atoms with Crippen molar-refractivity contribution in [3.8, 4) is 0 Å². The molecule has 0 saturated carbocycles. The second-order valence-electron chi connectivity index (χ2n) is 3.96. The van der Waals surface area contributed by atoms with E-state index in [1.807, 2.05) is 0 Å². The SMILES string of the molecule is CC(=O)Nc1ccc(S(=O)(=O)[N-]c2ccccn2)cc1.[Na+]. The minimum atomic E-state index is -3.81. The quantitative estimate of drug-likeness (QED) is 0.766. The van der Waals surface area contributed by atoms with E-state index in [0.717, 1.165) is 0 Å². The average Bonchev–Trinajstić information content (AvgIpc) is 2.39. The molecule has 1 N–H and O–H groups in total. The van der Waals surface area contributed by atoms with Crippen LogP contribution >= 0.6 is 0 Å². The van der Waals surface area contributed by atoms with Gasteiger partial charge in [-0.25, -0.2) is 8.42 Å². The van der Waals surface area contributed by atoms with E-state index in [1.54, 1.807) is 12.1 Å². The number of carbonyl (C=O) groups is 1. The Balaban J connectivity index is 0.00000220. The van der Waals surface area contributed by atoms with Gasteiger partial charge in [-0.05, 0) is 30.1 Å². The van der Waals surface area contributed by atoms with Crippen LogP contribution in [0.4, 0.5) is 11.5 Å². The first-order valence-corrected chi connectivity index (χ1v) is 7.18. The van der Waals surface area contributed by atoms with Crippen molar-refractivity contribution in [3.05, 3.63) is 53.4 Å². The van der Waals surface area contributed by atoms with Gasteiger partial charge in [0.15, 0.2) is 0 Å². The number of nitrogens with zero attached hydrogens (tertiary/aromatic N) is 2. The Labute approximate surface area is 145 Å². The molecule has 1 heterocycles. The zero-order valence-corrected chi connectivity index (χ0v) is 14.5. The van der Waals surface area contributed by atoms with Crippen molar-refractivity contribution in [2.75, 3.05) is 5.32 Å². The third-order valence-electron chi connectivity index (χ3n) is 2.34. The van der Waals surface area contributed by atoms with Gasteiger partial charge in [-0.3, -0.25) is 4.79 Å². The largest absolute Gasteiger partial charge is 1.00 e. The Morgan fingerprint density at radius 1 is 1.14 bits per heavy atom. The van der Waals surface area contributed by atoms with Crippen molar-refractivity contribution in [1.82, 2.24) is 4.98 Å². The second kappa shape index (κ2) is 7.56. The van der Waals surface area contributed by atoms with Crippen molar-refractivity contribution in [2.24, 2.45) is 0 Å². The third-order valence-corrected chi connectivity index (χ3v) is 3.63. The fourth-order valence-corrected chi connectivity index (χ4v) is 2.44. The van der Waals surface area contributed by atoms with Crippen LogP contribution < -0.4 is 34.9 Å². The van der Waals surface area contributed by atoms with E-state index in [1.165, 1.54) is 43.5 Å². The van der Waals surface area contributed by atoms with E-state index in [4.69, 9.17) is 0 Å². The van der Waals surface area contributed by atoms with Crippen molar-refractivity contribution < 1.29 is 42.8 Å². The van der Waals surface area contributed by atoms with Gasteiger partial charge in [0.25, 0.3) is 0 Å². The Kier molecular flexibility index (Phi) is 6.35. The molecule has 0 aliphatic carbocycles. The van der Waals surface area contributed by atoms with Crippen molar-refractivity contribution >= 4 is 27.4 Å². The zero-order valence-electron chi connectivity index (χ0n) is 11.6. The summed E-state index contributed by atoms with van der Waals surface area (Å²) in [6.07, 6.45) is 1.47. The summed E-state index contributed by atoms with van der Waals surface area (Å²) in [5.41, 5.74) is 0.522. The van der Waals surface area contributed by atoms with E-state index < -0.39 is 10.0 Å². The predicted octanol–water partition coefficient (Wildman–Crippen LogP) is -0.562. The maximum Gasteiger partial charge on any atom is 1.00 e. The third kappa shape index (κ3) is 5.13. The molecular weight excluding hydrogens is 301 g/mol. The van der Waals surface area contributed by atoms with Crippen LogP contribution in [0.15, 0.2) is 53.6 Å². The molecule has 2 rings (SSSR count). The Hall–Kier alpha value is -1.41. The van der Waals surface area contributed by atoms with Gasteiger partial charge in [0, 0.05) is 12.6 Å². The van der Waals surface area contributed by atoms with Crippen LogP contribution in [-0.4, -0.2) is 19.3 Å². The number of pyridine rings is 1. The number of hydrogen-bond donors (Lipinski definition) is 1. The van der Waals surface area contributed by atoms with Gasteiger partial charge in [-0.2, -0.15) is 0 Å². The van der Waals surface area contributed by atoms with Crippen LogP contribution in [-0.2, 0) is 14.8 Å². The van der Waals surface area contributed by atoms with Crippen molar-refractivity contribution in [2.45, 2.75) is 11.8 Å². The normalized spacial score (nSPS) is 10.3. The van der Waals surface area contributed by atoms with Crippen molar-refractivity contribution in [3.63, 3.8) is 0 Å². The summed E-state index contributed by atoms with van der Waals surface area (Å²) in [4.78, 5) is 14.8. The molecule has 104 valence electrons. The maximum absolute atomic E-state index is 12.0. The Morgan fingerprint density at radius 3 is 2.33 bits per heavy atom. The predicted molar refractivity (Wildman–Crippen MR) is 75.2 cm³/mol. The standard InChI is InChI=1S/C13H13N3O3S.Na/c1-10(17)15-11-5-7-12(8-6-11)20(18,19)16-13-4-2-3-9-14-13;/h2-9H,1H3,(H2,14,15,16,17);/q;+1/p-1. The molecule has 1 aromatic heterocycles. The zero-order chi connectivity index (χ0) is 14.6. The summed E-state index contributed by atoms with van der Waals surface area (Å²) in [7, 11) is -3.81. The van der Waals surface area contributed by atoms with Crippen LogP contribution in [0.5, 0.6) is 0 Å². The van der Waals surface area contributed by atoms with Gasteiger partial charge < -0.3 is 15.0 Å². The van der Waals surface area contributed by atoms with E-state index in [9.17, 15) is 13.2 Å². The van der Waals surface area contributed by atoms with Crippen LogP contribution in [0.3, 0.4) is 0 Å². The molecule has 8 heteroatoms. The summed E-state index contributed by atoms with van der Waals surface area (Å²) in [6, 6.07) is 10.6. The fourth-order valence-electron chi connectivity index (χ4n) is 1.50. The number of benzene rings is 1. The number of nitrogens with one attached hydrogen (secondary N) is 1. The molecule has 0 fully saturated rings. The van der Waals surface area contributed by atoms with E-state index >= 15 is 0 Å². The van der Waals surface area contributed by atoms with Gasteiger partial charge >= 0.3 is 29.6 Å². The summed E-state index contributed by atoms with van der Waals surface area (Å²) in [6.45, 7) is 1.38. The number of sulfonamides is 1. The maximum atomic E-state index is 12.0. The number of aromatic nitrogens is 1. The number of hydrogen-bond acceptors (Lipinski definition) is 4. The molecule has 0 bridgehead atoms. The number of anilines is 1. The summed E-state index contributed by atoms with van der Waals surface area (Å²) < 4.78 is 27.7. The molecule has 0 atom stereocenters. The van der Waals surface area contributed by atoms with Gasteiger partial charge in [0.05, 0.1) is 4.90 Å². The summed E-state index contributed by atoms with van der Waals surface area (Å²) in [5.74, 6) is -0.0998. The first-order chi connectivity index (χ1) is 9.47. The minimum Gasteiger partial charge on any atom is -0.442 e. The molecule has 6 nitrogen and oxygen atoms in total. The van der Waals surface area contributed by atoms with Crippen LogP contribution in [0.25, 0.3) is 4.72 Å². The molecule has 0 aliphatic heterocycles. The van der Waals surface area contributed by atoms with Crippen LogP contribution in [0.2, 0.25) is 0 Å². The van der Waals surface area contributed by atoms with Gasteiger partial charge in [-0.15, -0.1) is 0 Å². The van der Waals surface area contributed by atoms with E-state index in [2.05, 4.69) is 15.0 Å². The van der Waals surface area contributed by atoms with Gasteiger partial charge in [-0.1, -0.05) is 24.4 Å². The first kappa shape index (κ1) is 17.6. The molecule has 1 aromatic carbocycles. The number of carbonyl (C=O) groups excluding carboxylic acids is 1. The molecule has 1 amide bonds. The van der Waals surface area contributed by atoms with E-state index in [0.29, 0.717) is 5.69 Å². The van der Waals surface area contributed by atoms with Gasteiger partial charge in [0.2, 0.25) is 15.9 Å². The molecule has 21 heavy (non-hydrogen) atoms. The Morgan fingerprint density at radius 2 is 1.81 bits per heavy atom. The monoisotopic (exact) mass is 313 g/mol. The first-order valence-electron chi connectivity index (χ1n) is 5.74. The van der Waals surface area contributed by atoms with Crippen LogP contribution in [0.1, 0.15) is 6.92 Å². The number of rotatable bonds is 4. The topological polar surface area (TPSA) is 90.2 Å². The van der Waals surface area contributed by atoms with E-state index in [-0.39, 0.29) is 46.2 Å². The smallest absolute Gasteiger partial charge is 0.442 e. The molecule has 0 radical (unpaired) electrons. The van der Waals surface area contributed by atoms with Crippen LogP contribution in [0, 0.1) is 0 Å². The fraction of sp³-hybridized carbons (Fsp3) is 0.0769. The van der Waals surface area contributed by atoms with Gasteiger partial charge in [0.1, 0.15) is 0 Å². The second-order valence-corrected chi connectivity index (χ2v) is 5.56. The Bertz CT molecular complexity index is 703. The molecule has 0 saturated heterocycles. The van der Waals surface area contributed by atoms with Crippen molar-refractivity contribution in [1.29, 1.82) is 0 Å². The minimum absolute atomic E-state index is 0. The molecule has 2 aromatic rings. The molecule has 0 aliphatic rings. The molecular formula is C13H12N3NaO3S. The molecule has 0 spiro atoms.